The van der Waals surface area contributed by atoms with Crippen molar-refractivity contribution in [1.82, 2.24) is 0 Å². The molecule has 1 aliphatic rings. The molecule has 2 atom stereocenters. The van der Waals surface area contributed by atoms with Gasteiger partial charge in [-0.25, -0.2) is 8.78 Å². The zero-order chi connectivity index (χ0) is 14.7. The Morgan fingerprint density at radius 2 is 2.25 bits per heavy atom. The van der Waals surface area contributed by atoms with Gasteiger partial charge in [0.2, 0.25) is 0 Å². The molecular formula is C13H16F2N2O3. The normalized spacial score (nSPS) is 21.9. The number of nitrogens with one attached hydrogen (secondary N) is 1. The highest BCUT2D eigenvalue weighted by Crippen LogP contribution is 2.31. The van der Waals surface area contributed by atoms with E-state index in [0.29, 0.717) is 13.2 Å². The summed E-state index contributed by atoms with van der Waals surface area (Å²) in [4.78, 5) is 10.1. The maximum atomic E-state index is 13.7. The average molecular weight is 286 g/mol. The third-order valence-corrected chi connectivity index (χ3v) is 3.56. The summed E-state index contributed by atoms with van der Waals surface area (Å²) in [5.74, 6) is -2.18. The molecule has 1 aliphatic heterocycles. The number of hydrogen-bond donors (Lipinski definition) is 1. The molecule has 0 aromatic heterocycles. The Hall–Kier alpha value is -1.76. The van der Waals surface area contributed by atoms with Crippen LogP contribution in [0.3, 0.4) is 0 Å². The van der Waals surface area contributed by atoms with Crippen molar-refractivity contribution in [3.8, 4) is 0 Å². The highest BCUT2D eigenvalue weighted by atomic mass is 19.2. The lowest BCUT2D eigenvalue weighted by atomic mass is 9.99. The predicted octanol–water partition coefficient (Wildman–Crippen LogP) is 3.10. The maximum Gasteiger partial charge on any atom is 0.295 e. The third kappa shape index (κ3) is 2.87. The van der Waals surface area contributed by atoms with Crippen LogP contribution in [0.25, 0.3) is 0 Å². The van der Waals surface area contributed by atoms with Crippen LogP contribution in [0.15, 0.2) is 12.1 Å². The fraction of sp³-hybridized carbons (Fsp3) is 0.538. The van der Waals surface area contributed by atoms with Crippen LogP contribution in [0.1, 0.15) is 19.8 Å². The van der Waals surface area contributed by atoms with Crippen molar-refractivity contribution >= 4 is 11.4 Å². The van der Waals surface area contributed by atoms with Crippen molar-refractivity contribution in [1.29, 1.82) is 0 Å². The van der Waals surface area contributed by atoms with E-state index >= 15 is 0 Å². The van der Waals surface area contributed by atoms with Gasteiger partial charge in [-0.2, -0.15) is 0 Å². The van der Waals surface area contributed by atoms with Gasteiger partial charge >= 0.3 is 0 Å². The summed E-state index contributed by atoms with van der Waals surface area (Å²) in [6.07, 6.45) is 1.68. The molecule has 0 amide bonds. The van der Waals surface area contributed by atoms with Crippen LogP contribution >= 0.6 is 0 Å². The molecule has 0 bridgehead atoms. The van der Waals surface area contributed by atoms with E-state index in [-0.39, 0.29) is 12.0 Å². The molecule has 0 aliphatic carbocycles. The predicted molar refractivity (Wildman–Crippen MR) is 69.6 cm³/mol. The van der Waals surface area contributed by atoms with Gasteiger partial charge in [-0.05, 0) is 18.9 Å². The van der Waals surface area contributed by atoms with Crippen LogP contribution in [-0.4, -0.2) is 24.2 Å². The maximum absolute atomic E-state index is 13.7. The number of rotatable bonds is 5. The second kappa shape index (κ2) is 6.13. The molecule has 1 N–H and O–H groups in total. The quantitative estimate of drug-likeness (QED) is 0.667. The Kier molecular flexibility index (Phi) is 4.49. The summed E-state index contributed by atoms with van der Waals surface area (Å²) < 4.78 is 32.4. The lowest BCUT2D eigenvalue weighted by Gasteiger charge is -2.18. The van der Waals surface area contributed by atoms with E-state index in [9.17, 15) is 18.9 Å². The monoisotopic (exact) mass is 286 g/mol. The molecule has 0 saturated carbocycles. The summed E-state index contributed by atoms with van der Waals surface area (Å²) in [6.45, 7) is 2.92. The molecule has 1 fully saturated rings. The second-order valence-corrected chi connectivity index (χ2v) is 4.76. The average Bonchev–Trinajstić information content (AvgIpc) is 2.87. The van der Waals surface area contributed by atoms with E-state index in [1.54, 1.807) is 0 Å². The van der Waals surface area contributed by atoms with Crippen LogP contribution < -0.4 is 5.32 Å². The molecule has 110 valence electrons. The number of hydrogen-bond acceptors (Lipinski definition) is 4. The van der Waals surface area contributed by atoms with Crippen molar-refractivity contribution in [2.24, 2.45) is 5.92 Å². The van der Waals surface area contributed by atoms with E-state index in [1.165, 1.54) is 0 Å². The number of anilines is 1. The van der Waals surface area contributed by atoms with Gasteiger partial charge in [0.15, 0.2) is 17.3 Å². The number of ether oxygens (including phenoxy) is 1. The molecule has 1 aromatic rings. The molecule has 1 heterocycles. The van der Waals surface area contributed by atoms with Gasteiger partial charge < -0.3 is 10.1 Å². The first-order chi connectivity index (χ1) is 9.54. The zero-order valence-electron chi connectivity index (χ0n) is 11.1. The van der Waals surface area contributed by atoms with Crippen molar-refractivity contribution < 1.29 is 18.4 Å². The number of nitrogens with zero attached hydrogens (tertiary/aromatic N) is 1. The van der Waals surface area contributed by atoms with Gasteiger partial charge in [-0.15, -0.1) is 0 Å². The van der Waals surface area contributed by atoms with Gasteiger partial charge in [0.25, 0.3) is 5.69 Å². The standard InChI is InChI=1S/C13H16F2N2O3/c1-2-11-8(5-6-20-11)7-16-13-10(17(18)19)4-3-9(14)12(13)15/h3-4,8,11,16H,2,5-7H2,1H3. The summed E-state index contributed by atoms with van der Waals surface area (Å²) in [5, 5.41) is 13.5. The van der Waals surface area contributed by atoms with Crippen LogP contribution in [0.2, 0.25) is 0 Å². The molecule has 5 nitrogen and oxygen atoms in total. The molecular weight excluding hydrogens is 270 g/mol. The minimum atomic E-state index is -1.22. The van der Waals surface area contributed by atoms with Gasteiger partial charge in [-0.3, -0.25) is 10.1 Å². The molecule has 7 heteroatoms. The van der Waals surface area contributed by atoms with Crippen molar-refractivity contribution in [3.05, 3.63) is 33.9 Å². The molecule has 0 radical (unpaired) electrons. The van der Waals surface area contributed by atoms with Crippen molar-refractivity contribution in [3.63, 3.8) is 0 Å². The summed E-state index contributed by atoms with van der Waals surface area (Å²) in [7, 11) is 0. The van der Waals surface area contributed by atoms with Gasteiger partial charge in [0, 0.05) is 25.1 Å². The minimum absolute atomic E-state index is 0.0539. The van der Waals surface area contributed by atoms with Crippen LogP contribution in [-0.2, 0) is 4.74 Å². The lowest BCUT2D eigenvalue weighted by molar-refractivity contribution is -0.384. The molecule has 20 heavy (non-hydrogen) atoms. The van der Waals surface area contributed by atoms with E-state index in [1.807, 2.05) is 6.92 Å². The first-order valence-electron chi connectivity index (χ1n) is 6.52. The van der Waals surface area contributed by atoms with Crippen LogP contribution in [0, 0.1) is 27.7 Å². The zero-order valence-corrected chi connectivity index (χ0v) is 11.1. The second-order valence-electron chi connectivity index (χ2n) is 4.76. The number of nitro groups is 1. The summed E-state index contributed by atoms with van der Waals surface area (Å²) in [6, 6.07) is 1.72. The van der Waals surface area contributed by atoms with Crippen LogP contribution in [0.4, 0.5) is 20.2 Å². The fourth-order valence-electron chi connectivity index (χ4n) is 2.47. The highest BCUT2D eigenvalue weighted by molar-refractivity contribution is 5.62. The smallest absolute Gasteiger partial charge is 0.295 e. The van der Waals surface area contributed by atoms with Gasteiger partial charge in [0.1, 0.15) is 0 Å². The third-order valence-electron chi connectivity index (χ3n) is 3.56. The van der Waals surface area contributed by atoms with E-state index in [4.69, 9.17) is 4.74 Å². The fourth-order valence-corrected chi connectivity index (χ4v) is 2.47. The summed E-state index contributed by atoms with van der Waals surface area (Å²) in [5.41, 5.74) is -0.854. The van der Waals surface area contributed by atoms with E-state index in [2.05, 4.69) is 5.32 Å². The Morgan fingerprint density at radius 1 is 1.50 bits per heavy atom. The number of nitro benzene ring substituents is 1. The lowest BCUT2D eigenvalue weighted by Crippen LogP contribution is -2.23. The summed E-state index contributed by atoms with van der Waals surface area (Å²) >= 11 is 0. The van der Waals surface area contributed by atoms with Gasteiger partial charge in [-0.1, -0.05) is 6.92 Å². The molecule has 2 rings (SSSR count). The van der Waals surface area contributed by atoms with Crippen molar-refractivity contribution in [2.45, 2.75) is 25.9 Å². The Bertz CT molecular complexity index is 511. The minimum Gasteiger partial charge on any atom is -0.378 e. The van der Waals surface area contributed by atoms with E-state index < -0.39 is 27.9 Å². The van der Waals surface area contributed by atoms with Gasteiger partial charge in [0.05, 0.1) is 11.0 Å². The SMILES string of the molecule is CCC1OCCC1CNc1c([N+](=O)[O-])ccc(F)c1F. The largest absolute Gasteiger partial charge is 0.378 e. The molecule has 2 unspecified atom stereocenters. The van der Waals surface area contributed by atoms with Crippen LogP contribution in [0.5, 0.6) is 0 Å². The Morgan fingerprint density at radius 3 is 2.90 bits per heavy atom. The van der Waals surface area contributed by atoms with E-state index in [0.717, 1.165) is 25.0 Å². The molecule has 1 aromatic carbocycles. The highest BCUT2D eigenvalue weighted by Gasteiger charge is 2.28. The number of halogens is 2. The first-order valence-corrected chi connectivity index (χ1v) is 6.52. The topological polar surface area (TPSA) is 64.4 Å². The van der Waals surface area contributed by atoms with Crippen molar-refractivity contribution in [2.75, 3.05) is 18.5 Å². The Balaban J connectivity index is 2.16. The number of benzene rings is 1. The first kappa shape index (κ1) is 14.6. The molecule has 0 spiro atoms. The molecule has 1 saturated heterocycles. The Labute approximate surface area is 115 Å².